The molecule has 1 heterocycles. The third kappa shape index (κ3) is 5.19. The summed E-state index contributed by atoms with van der Waals surface area (Å²) in [5, 5.41) is 2.72. The van der Waals surface area contributed by atoms with E-state index < -0.39 is 39.4 Å². The molecule has 166 valence electrons. The number of hydrogen-bond donors (Lipinski definition) is 2. The lowest BCUT2D eigenvalue weighted by Crippen LogP contribution is -2.29. The summed E-state index contributed by atoms with van der Waals surface area (Å²) in [6.45, 7) is 3.38. The van der Waals surface area contributed by atoms with Crippen LogP contribution >= 0.6 is 0 Å². The van der Waals surface area contributed by atoms with E-state index >= 15 is 0 Å². The molecule has 3 rings (SSSR count). The van der Waals surface area contributed by atoms with Crippen LogP contribution in [0.5, 0.6) is 0 Å². The van der Waals surface area contributed by atoms with Gasteiger partial charge in [-0.1, -0.05) is 13.0 Å². The number of anilines is 3. The molecule has 1 unspecified atom stereocenters. The smallest absolute Gasteiger partial charge is 0.232 e. The minimum atomic E-state index is -3.50. The Morgan fingerprint density at radius 3 is 2.58 bits per heavy atom. The molecule has 2 aromatic rings. The van der Waals surface area contributed by atoms with Crippen molar-refractivity contribution in [2.75, 3.05) is 27.2 Å². The van der Waals surface area contributed by atoms with Crippen LogP contribution in [0.3, 0.4) is 0 Å². The van der Waals surface area contributed by atoms with Crippen LogP contribution in [0.2, 0.25) is 0 Å². The van der Waals surface area contributed by atoms with Crippen LogP contribution in [-0.2, 0) is 19.6 Å². The zero-order valence-electron chi connectivity index (χ0n) is 17.1. The Balaban J connectivity index is 1.74. The highest BCUT2D eigenvalue weighted by Gasteiger charge is 2.36. The molecule has 1 fully saturated rings. The van der Waals surface area contributed by atoms with Gasteiger partial charge in [0.1, 0.15) is 11.6 Å². The van der Waals surface area contributed by atoms with Crippen molar-refractivity contribution in [3.05, 3.63) is 53.6 Å². The Morgan fingerprint density at radius 2 is 1.90 bits per heavy atom. The maximum atomic E-state index is 14.0. The summed E-state index contributed by atoms with van der Waals surface area (Å²) in [5.74, 6) is -3.29. The van der Waals surface area contributed by atoms with E-state index in [1.807, 2.05) is 0 Å². The third-order valence-electron chi connectivity index (χ3n) is 5.03. The Bertz CT molecular complexity index is 1120. The zero-order chi connectivity index (χ0) is 22.8. The summed E-state index contributed by atoms with van der Waals surface area (Å²) in [4.78, 5) is 26.2. The standard InChI is InChI=1S/C21H23F2N3O4S/c1-3-9-31(29,30)25-18-6-4-5-17(13(18)2)24-21(28)14-10-20(27)26(12-14)19-8-7-15(22)11-16(19)23/h4-8,11,14,25H,3,9-10,12H2,1-2H3,(H,24,28). The summed E-state index contributed by atoms with van der Waals surface area (Å²) in [6, 6.07) is 7.72. The summed E-state index contributed by atoms with van der Waals surface area (Å²) in [7, 11) is -3.50. The van der Waals surface area contributed by atoms with Gasteiger partial charge in [-0.2, -0.15) is 0 Å². The van der Waals surface area contributed by atoms with Gasteiger partial charge in [0, 0.05) is 24.7 Å². The molecule has 31 heavy (non-hydrogen) atoms. The lowest BCUT2D eigenvalue weighted by Gasteiger charge is -2.18. The molecule has 0 bridgehead atoms. The molecule has 10 heteroatoms. The van der Waals surface area contributed by atoms with Crippen molar-refractivity contribution in [1.82, 2.24) is 0 Å². The molecular weight excluding hydrogens is 428 g/mol. The van der Waals surface area contributed by atoms with Gasteiger partial charge in [-0.3, -0.25) is 14.3 Å². The predicted octanol–water partition coefficient (Wildman–Crippen LogP) is 3.42. The largest absolute Gasteiger partial charge is 0.325 e. The molecule has 0 saturated carbocycles. The lowest BCUT2D eigenvalue weighted by atomic mass is 10.1. The molecule has 0 aliphatic carbocycles. The molecule has 1 aliphatic heterocycles. The van der Waals surface area contributed by atoms with Gasteiger partial charge in [0.2, 0.25) is 21.8 Å². The van der Waals surface area contributed by atoms with Crippen LogP contribution in [0.4, 0.5) is 25.8 Å². The minimum Gasteiger partial charge on any atom is -0.325 e. The van der Waals surface area contributed by atoms with Crippen LogP contribution in [-0.4, -0.2) is 32.5 Å². The maximum Gasteiger partial charge on any atom is 0.232 e. The van der Waals surface area contributed by atoms with E-state index in [-0.39, 0.29) is 24.4 Å². The highest BCUT2D eigenvalue weighted by Crippen LogP contribution is 2.30. The van der Waals surface area contributed by atoms with Gasteiger partial charge in [0.05, 0.1) is 23.0 Å². The number of hydrogen-bond acceptors (Lipinski definition) is 4. The van der Waals surface area contributed by atoms with Crippen molar-refractivity contribution in [3.63, 3.8) is 0 Å². The van der Waals surface area contributed by atoms with E-state index in [1.165, 1.54) is 6.07 Å². The van der Waals surface area contributed by atoms with Crippen molar-refractivity contribution in [2.45, 2.75) is 26.7 Å². The van der Waals surface area contributed by atoms with E-state index in [2.05, 4.69) is 10.0 Å². The number of carbonyl (C=O) groups excluding carboxylic acids is 2. The number of nitrogens with one attached hydrogen (secondary N) is 2. The quantitative estimate of drug-likeness (QED) is 0.674. The van der Waals surface area contributed by atoms with Crippen molar-refractivity contribution in [3.8, 4) is 0 Å². The van der Waals surface area contributed by atoms with Gasteiger partial charge in [-0.25, -0.2) is 17.2 Å². The fourth-order valence-electron chi connectivity index (χ4n) is 3.42. The van der Waals surface area contributed by atoms with E-state index in [0.29, 0.717) is 29.4 Å². The van der Waals surface area contributed by atoms with E-state index in [1.54, 1.807) is 32.0 Å². The Morgan fingerprint density at radius 1 is 1.19 bits per heavy atom. The van der Waals surface area contributed by atoms with Gasteiger partial charge in [0.15, 0.2) is 0 Å². The number of sulfonamides is 1. The maximum absolute atomic E-state index is 14.0. The molecular formula is C21H23F2N3O4S. The predicted molar refractivity (Wildman–Crippen MR) is 114 cm³/mol. The first-order chi connectivity index (χ1) is 14.6. The number of rotatable bonds is 7. The number of amides is 2. The monoisotopic (exact) mass is 451 g/mol. The average molecular weight is 451 g/mol. The number of carbonyl (C=O) groups is 2. The summed E-state index contributed by atoms with van der Waals surface area (Å²) >= 11 is 0. The Labute approximate surface area is 179 Å². The van der Waals surface area contributed by atoms with Gasteiger partial charge in [-0.05, 0) is 43.2 Å². The number of nitrogens with zero attached hydrogens (tertiary/aromatic N) is 1. The van der Waals surface area contributed by atoms with Crippen LogP contribution in [0.25, 0.3) is 0 Å². The van der Waals surface area contributed by atoms with E-state index in [9.17, 15) is 26.8 Å². The molecule has 2 N–H and O–H groups in total. The lowest BCUT2D eigenvalue weighted by molar-refractivity contribution is -0.122. The molecule has 7 nitrogen and oxygen atoms in total. The second-order valence-corrected chi connectivity index (χ2v) is 9.23. The van der Waals surface area contributed by atoms with Gasteiger partial charge in [-0.15, -0.1) is 0 Å². The third-order valence-corrected chi connectivity index (χ3v) is 6.50. The highest BCUT2D eigenvalue weighted by molar-refractivity contribution is 7.92. The first-order valence-corrected chi connectivity index (χ1v) is 11.4. The summed E-state index contributed by atoms with van der Waals surface area (Å²) in [6.07, 6.45) is 0.343. The minimum absolute atomic E-state index is 0.0248. The van der Waals surface area contributed by atoms with Gasteiger partial charge in [0.25, 0.3) is 0 Å². The topological polar surface area (TPSA) is 95.6 Å². The fraction of sp³-hybridized carbons (Fsp3) is 0.333. The summed E-state index contributed by atoms with van der Waals surface area (Å²) in [5.41, 5.74) is 1.20. The first-order valence-electron chi connectivity index (χ1n) is 9.77. The first kappa shape index (κ1) is 22.7. The molecule has 1 saturated heterocycles. The Kier molecular flexibility index (Phi) is 6.59. The number of benzene rings is 2. The SMILES string of the molecule is CCCS(=O)(=O)Nc1cccc(NC(=O)C2CC(=O)N(c3ccc(F)cc3F)C2)c1C. The molecule has 0 spiro atoms. The van der Waals surface area contributed by atoms with Crippen molar-refractivity contribution < 1.29 is 26.8 Å². The van der Waals surface area contributed by atoms with Crippen molar-refractivity contribution >= 4 is 38.9 Å². The molecule has 2 aromatic carbocycles. The average Bonchev–Trinajstić information content (AvgIpc) is 3.06. The van der Waals surface area contributed by atoms with E-state index in [4.69, 9.17) is 0 Å². The van der Waals surface area contributed by atoms with Crippen molar-refractivity contribution in [1.29, 1.82) is 0 Å². The normalized spacial score (nSPS) is 16.5. The van der Waals surface area contributed by atoms with Crippen molar-refractivity contribution in [2.24, 2.45) is 5.92 Å². The number of halogens is 2. The summed E-state index contributed by atoms with van der Waals surface area (Å²) < 4.78 is 53.8. The van der Waals surface area contributed by atoms with Crippen LogP contribution in [0.15, 0.2) is 36.4 Å². The van der Waals surface area contributed by atoms with Gasteiger partial charge >= 0.3 is 0 Å². The van der Waals surface area contributed by atoms with Crippen LogP contribution < -0.4 is 14.9 Å². The molecule has 1 aliphatic rings. The molecule has 2 amide bonds. The molecule has 0 aromatic heterocycles. The fourth-order valence-corrected chi connectivity index (χ4v) is 4.62. The second-order valence-electron chi connectivity index (χ2n) is 7.39. The van der Waals surface area contributed by atoms with E-state index in [0.717, 1.165) is 11.0 Å². The second kappa shape index (κ2) is 9.01. The zero-order valence-corrected chi connectivity index (χ0v) is 17.9. The molecule has 0 radical (unpaired) electrons. The van der Waals surface area contributed by atoms with Crippen LogP contribution in [0.1, 0.15) is 25.3 Å². The van der Waals surface area contributed by atoms with Crippen LogP contribution in [0, 0.1) is 24.5 Å². The molecule has 1 atom stereocenters. The highest BCUT2D eigenvalue weighted by atomic mass is 32.2. The Hall–Kier alpha value is -3.01. The van der Waals surface area contributed by atoms with Gasteiger partial charge < -0.3 is 10.2 Å².